The number of alkyl halides is 3. The van der Waals surface area contributed by atoms with Crippen LogP contribution in [0.15, 0.2) is 18.5 Å². The highest BCUT2D eigenvalue weighted by Crippen LogP contribution is 2.36. The van der Waals surface area contributed by atoms with E-state index in [0.717, 1.165) is 12.3 Å². The van der Waals surface area contributed by atoms with Gasteiger partial charge in [-0.1, -0.05) is 0 Å². The summed E-state index contributed by atoms with van der Waals surface area (Å²) in [7, 11) is 0. The third-order valence-electron chi connectivity index (χ3n) is 5.91. The summed E-state index contributed by atoms with van der Waals surface area (Å²) < 4.78 is 56.2. The van der Waals surface area contributed by atoms with Crippen molar-refractivity contribution in [1.82, 2.24) is 15.2 Å². The van der Waals surface area contributed by atoms with Gasteiger partial charge in [0.15, 0.2) is 0 Å². The zero-order valence-electron chi connectivity index (χ0n) is 16.9. The number of carbonyl (C=O) groups is 1. The molecule has 1 amide bonds. The number of aromatic nitrogens is 1. The predicted molar refractivity (Wildman–Crippen MR) is 101 cm³/mol. The van der Waals surface area contributed by atoms with Crippen LogP contribution in [0.25, 0.3) is 0 Å². The Hall–Kier alpha value is -1.79. The Morgan fingerprint density at radius 3 is 2.77 bits per heavy atom. The fraction of sp³-hybridized carbons (Fsp3) is 0.700. The van der Waals surface area contributed by atoms with Crippen LogP contribution in [0.2, 0.25) is 0 Å². The van der Waals surface area contributed by atoms with Crippen LogP contribution >= 0.6 is 0 Å². The smallest absolute Gasteiger partial charge is 0.388 e. The number of aliphatic hydroxyl groups is 1. The molecule has 31 heavy (non-hydrogen) atoms. The first-order chi connectivity index (χ1) is 14.8. The zero-order chi connectivity index (χ0) is 22.0. The Morgan fingerprint density at radius 2 is 2.06 bits per heavy atom. The van der Waals surface area contributed by atoms with Crippen LogP contribution in [-0.4, -0.2) is 84.3 Å². The van der Waals surface area contributed by atoms with Crippen molar-refractivity contribution >= 4 is 5.91 Å². The van der Waals surface area contributed by atoms with Gasteiger partial charge >= 0.3 is 6.18 Å². The lowest BCUT2D eigenvalue weighted by atomic mass is 10.1. The topological polar surface area (TPSA) is 93.2 Å². The van der Waals surface area contributed by atoms with Crippen molar-refractivity contribution in [3.8, 4) is 0 Å². The first-order valence-electron chi connectivity index (χ1n) is 10.4. The lowest BCUT2D eigenvalue weighted by Gasteiger charge is -2.28. The summed E-state index contributed by atoms with van der Waals surface area (Å²) in [6.45, 7) is 2.31. The molecule has 0 aromatic carbocycles. The molecule has 3 aliphatic heterocycles. The molecule has 8 nitrogen and oxygen atoms in total. The minimum Gasteiger partial charge on any atom is -0.388 e. The van der Waals surface area contributed by atoms with E-state index in [1.807, 2.05) is 0 Å². The van der Waals surface area contributed by atoms with E-state index < -0.39 is 30.1 Å². The molecule has 3 fully saturated rings. The number of morpholine rings is 1. The highest BCUT2D eigenvalue weighted by Gasteiger charge is 2.50. The summed E-state index contributed by atoms with van der Waals surface area (Å²) in [6, 6.07) is 0.939. The summed E-state index contributed by atoms with van der Waals surface area (Å²) in [5.41, 5.74) is -0.712. The number of halogens is 3. The maximum absolute atomic E-state index is 13.1. The minimum atomic E-state index is -4.46. The molecular weight excluding hydrogens is 419 g/mol. The average Bonchev–Trinajstić information content (AvgIpc) is 3.26. The second-order valence-electron chi connectivity index (χ2n) is 8.02. The second-order valence-corrected chi connectivity index (χ2v) is 8.02. The first kappa shape index (κ1) is 22.4. The van der Waals surface area contributed by atoms with Gasteiger partial charge in [0.25, 0.3) is 0 Å². The molecule has 2 N–H and O–H groups in total. The van der Waals surface area contributed by atoms with Crippen LogP contribution in [-0.2, 0) is 31.7 Å². The summed E-state index contributed by atoms with van der Waals surface area (Å²) in [5.74, 6) is -0.00193. The van der Waals surface area contributed by atoms with E-state index in [4.69, 9.17) is 14.2 Å². The number of aliphatic hydroxyl groups excluding tert-OH is 1. The maximum atomic E-state index is 13.1. The molecule has 4 rings (SSSR count). The number of hydrogen-bond donors (Lipinski definition) is 2. The van der Waals surface area contributed by atoms with Gasteiger partial charge in [-0.3, -0.25) is 9.78 Å². The maximum Gasteiger partial charge on any atom is 0.416 e. The second kappa shape index (κ2) is 9.37. The van der Waals surface area contributed by atoms with E-state index in [0.29, 0.717) is 32.7 Å². The van der Waals surface area contributed by atoms with Gasteiger partial charge < -0.3 is 29.5 Å². The van der Waals surface area contributed by atoms with Crippen molar-refractivity contribution in [2.24, 2.45) is 0 Å². The van der Waals surface area contributed by atoms with E-state index in [-0.39, 0.29) is 43.2 Å². The molecule has 5 atom stereocenters. The first-order valence-corrected chi connectivity index (χ1v) is 10.4. The van der Waals surface area contributed by atoms with Gasteiger partial charge in [0, 0.05) is 45.0 Å². The third-order valence-corrected chi connectivity index (χ3v) is 5.91. The summed E-state index contributed by atoms with van der Waals surface area (Å²) in [5, 5.41) is 13.5. The average molecular weight is 445 g/mol. The largest absolute Gasteiger partial charge is 0.416 e. The number of nitrogens with zero attached hydrogens (tertiary/aromatic N) is 2. The quantitative estimate of drug-likeness (QED) is 0.667. The SMILES string of the molecule is O=C(C[C@@H]1C[C@H]2O[C@H](CNCc3cnccc3C(F)(F)F)[C@@H](O)[C@H]2O1)N1CCOCC1. The van der Waals surface area contributed by atoms with Crippen molar-refractivity contribution in [2.75, 3.05) is 32.8 Å². The lowest BCUT2D eigenvalue weighted by Crippen LogP contribution is -2.42. The summed E-state index contributed by atoms with van der Waals surface area (Å²) in [6.07, 6.45) is -4.17. The van der Waals surface area contributed by atoms with Gasteiger partial charge in [-0.2, -0.15) is 13.2 Å². The van der Waals surface area contributed by atoms with E-state index in [1.165, 1.54) is 6.20 Å². The number of nitrogens with one attached hydrogen (secondary N) is 1. The van der Waals surface area contributed by atoms with E-state index in [2.05, 4.69) is 10.3 Å². The Morgan fingerprint density at radius 1 is 1.29 bits per heavy atom. The summed E-state index contributed by atoms with van der Waals surface area (Å²) >= 11 is 0. The number of pyridine rings is 1. The molecule has 0 spiro atoms. The minimum absolute atomic E-state index is 0.00193. The normalized spacial score (nSPS) is 31.1. The standard InChI is InChI=1S/C20H26F3N3O5/c21-20(22,23)14-1-2-24-9-12(14)10-25-11-16-18(28)19-15(31-16)7-13(30-19)8-17(27)26-3-5-29-6-4-26/h1-2,9,13,15-16,18-19,25,28H,3-8,10-11H2/t13-,15+,16+,18+,19-/m0/s1. The Bertz CT molecular complexity index is 775. The molecular formula is C20H26F3N3O5. The number of amides is 1. The van der Waals surface area contributed by atoms with Gasteiger partial charge in [-0.05, 0) is 11.6 Å². The Kier molecular flexibility index (Phi) is 6.77. The summed E-state index contributed by atoms with van der Waals surface area (Å²) in [4.78, 5) is 17.9. The van der Waals surface area contributed by atoms with Crippen molar-refractivity contribution in [2.45, 2.75) is 56.1 Å². The highest BCUT2D eigenvalue weighted by atomic mass is 19.4. The molecule has 11 heteroatoms. The lowest BCUT2D eigenvalue weighted by molar-refractivity contribution is -0.139. The van der Waals surface area contributed by atoms with Gasteiger partial charge in [-0.15, -0.1) is 0 Å². The van der Waals surface area contributed by atoms with Crippen molar-refractivity contribution < 1.29 is 37.3 Å². The Balaban J connectivity index is 1.24. The van der Waals surface area contributed by atoms with Gasteiger partial charge in [0.2, 0.25) is 5.91 Å². The molecule has 172 valence electrons. The molecule has 0 bridgehead atoms. The molecule has 0 aliphatic carbocycles. The molecule has 1 aromatic heterocycles. The van der Waals surface area contributed by atoms with Gasteiger partial charge in [0.05, 0.1) is 43.5 Å². The third kappa shape index (κ3) is 5.17. The van der Waals surface area contributed by atoms with E-state index in [1.54, 1.807) is 4.90 Å². The van der Waals surface area contributed by atoms with E-state index >= 15 is 0 Å². The fourth-order valence-corrected chi connectivity index (χ4v) is 4.34. The molecule has 4 heterocycles. The Labute approximate surface area is 177 Å². The van der Waals surface area contributed by atoms with Crippen LogP contribution in [0.5, 0.6) is 0 Å². The van der Waals surface area contributed by atoms with Crippen LogP contribution < -0.4 is 5.32 Å². The van der Waals surface area contributed by atoms with Crippen molar-refractivity contribution in [3.63, 3.8) is 0 Å². The van der Waals surface area contributed by atoms with Crippen LogP contribution in [0, 0.1) is 0 Å². The molecule has 1 aromatic rings. The number of rotatable bonds is 6. The molecule has 0 radical (unpaired) electrons. The monoisotopic (exact) mass is 445 g/mol. The molecule has 3 saturated heterocycles. The van der Waals surface area contributed by atoms with Crippen molar-refractivity contribution in [3.05, 3.63) is 29.6 Å². The number of ether oxygens (including phenoxy) is 3. The fourth-order valence-electron chi connectivity index (χ4n) is 4.34. The molecule has 0 saturated carbocycles. The van der Waals surface area contributed by atoms with Crippen LogP contribution in [0.3, 0.4) is 0 Å². The highest BCUT2D eigenvalue weighted by molar-refractivity contribution is 5.76. The molecule has 3 aliphatic rings. The number of fused-ring (bicyclic) bond motifs is 1. The number of hydrogen-bond acceptors (Lipinski definition) is 7. The predicted octanol–water partition coefficient (Wildman–Crippen LogP) is 0.725. The molecule has 0 unspecified atom stereocenters. The van der Waals surface area contributed by atoms with Gasteiger partial charge in [-0.25, -0.2) is 0 Å². The van der Waals surface area contributed by atoms with Gasteiger partial charge in [0.1, 0.15) is 12.2 Å². The van der Waals surface area contributed by atoms with E-state index in [9.17, 15) is 23.1 Å². The number of carbonyl (C=O) groups excluding carboxylic acids is 1. The van der Waals surface area contributed by atoms with Crippen LogP contribution in [0.1, 0.15) is 24.0 Å². The van der Waals surface area contributed by atoms with Crippen molar-refractivity contribution in [1.29, 1.82) is 0 Å². The van der Waals surface area contributed by atoms with Crippen LogP contribution in [0.4, 0.5) is 13.2 Å². The zero-order valence-corrected chi connectivity index (χ0v) is 16.9.